The number of guanidine groups is 1. The molecule has 0 atom stereocenters. The van der Waals surface area contributed by atoms with Crippen LogP contribution in [0, 0.1) is 0 Å². The molecule has 6 nitrogen and oxygen atoms in total. The van der Waals surface area contributed by atoms with E-state index in [9.17, 15) is 0 Å². The minimum atomic E-state index is 0.506. The zero-order valence-corrected chi connectivity index (χ0v) is 18.7. The van der Waals surface area contributed by atoms with Crippen LogP contribution in [0.1, 0.15) is 37.3 Å². The molecule has 0 radical (unpaired) electrons. The highest BCUT2D eigenvalue weighted by Crippen LogP contribution is 2.15. The van der Waals surface area contributed by atoms with Crippen LogP contribution in [-0.4, -0.2) is 53.1 Å². The van der Waals surface area contributed by atoms with Crippen molar-refractivity contribution in [3.63, 3.8) is 0 Å². The number of aliphatic imine (C=N–C) groups is 1. The number of aromatic nitrogens is 2. The highest BCUT2D eigenvalue weighted by Gasteiger charge is 2.19. The zero-order chi connectivity index (χ0) is 21.5. The van der Waals surface area contributed by atoms with Crippen molar-refractivity contribution in [1.82, 2.24) is 25.1 Å². The third kappa shape index (κ3) is 5.64. The van der Waals surface area contributed by atoms with E-state index in [1.54, 1.807) is 0 Å². The van der Waals surface area contributed by atoms with Gasteiger partial charge in [-0.1, -0.05) is 43.3 Å². The van der Waals surface area contributed by atoms with Gasteiger partial charge >= 0.3 is 0 Å². The Balaban J connectivity index is 1.27. The maximum Gasteiger partial charge on any atom is 0.191 e. The predicted molar refractivity (Wildman–Crippen MR) is 128 cm³/mol. The van der Waals surface area contributed by atoms with Gasteiger partial charge in [0.05, 0.1) is 17.4 Å². The molecular formula is C25H34N6. The van der Waals surface area contributed by atoms with Crippen LogP contribution in [-0.2, 0) is 13.1 Å². The number of para-hydroxylation sites is 2. The van der Waals surface area contributed by atoms with Gasteiger partial charge in [0.15, 0.2) is 5.96 Å². The van der Waals surface area contributed by atoms with Crippen LogP contribution in [0.5, 0.6) is 0 Å². The summed E-state index contributed by atoms with van der Waals surface area (Å²) in [5.74, 6) is 0.892. The summed E-state index contributed by atoms with van der Waals surface area (Å²) in [6, 6.07) is 17.5. The molecular weight excluding hydrogens is 384 g/mol. The Morgan fingerprint density at radius 2 is 1.81 bits per heavy atom. The van der Waals surface area contributed by atoms with Gasteiger partial charge in [-0.15, -0.1) is 0 Å². The first kappa shape index (κ1) is 21.4. The highest BCUT2D eigenvalue weighted by atomic mass is 15.2. The fourth-order valence-corrected chi connectivity index (χ4v) is 4.29. The quantitative estimate of drug-likeness (QED) is 0.454. The lowest BCUT2D eigenvalue weighted by Gasteiger charge is -2.32. The van der Waals surface area contributed by atoms with Gasteiger partial charge in [-0.2, -0.15) is 0 Å². The van der Waals surface area contributed by atoms with Crippen molar-refractivity contribution < 1.29 is 0 Å². The van der Waals surface area contributed by atoms with Crippen molar-refractivity contribution in [3.8, 4) is 0 Å². The Hall–Kier alpha value is -2.86. The second-order valence-corrected chi connectivity index (χ2v) is 8.36. The number of rotatable bonds is 7. The first-order chi connectivity index (χ1) is 15.2. The molecule has 0 aliphatic carbocycles. The minimum Gasteiger partial charge on any atom is -0.354 e. The van der Waals surface area contributed by atoms with Gasteiger partial charge in [0.2, 0.25) is 0 Å². The van der Waals surface area contributed by atoms with Crippen LogP contribution in [0.3, 0.4) is 0 Å². The number of benzene rings is 2. The zero-order valence-electron chi connectivity index (χ0n) is 18.7. The molecule has 1 saturated heterocycles. The molecule has 1 aromatic heterocycles. The number of hydrogen-bond acceptors (Lipinski definition) is 3. The maximum atomic E-state index is 4.48. The van der Waals surface area contributed by atoms with Gasteiger partial charge < -0.3 is 20.1 Å². The van der Waals surface area contributed by atoms with E-state index < -0.39 is 0 Å². The Labute approximate surface area is 185 Å². The second-order valence-electron chi connectivity index (χ2n) is 8.36. The van der Waals surface area contributed by atoms with Crippen LogP contribution < -0.4 is 10.6 Å². The lowest BCUT2D eigenvalue weighted by molar-refractivity contribution is 0.206. The molecule has 0 saturated carbocycles. The topological polar surface area (TPSA) is 57.5 Å². The number of hydrogen-bond donors (Lipinski definition) is 2. The molecule has 164 valence electrons. The standard InChI is InChI=1S/C25H34N6/c1-3-14-30-15-12-22(13-16-30)29-25(26-2)27-17-20-8-10-21(11-9-20)18-31-19-28-23-6-4-5-7-24(23)31/h4-11,19,22H,3,12-18H2,1-2H3,(H2,26,27,29). The van der Waals surface area contributed by atoms with Crippen molar-refractivity contribution in [2.45, 2.75) is 45.3 Å². The van der Waals surface area contributed by atoms with Gasteiger partial charge in [0.1, 0.15) is 0 Å². The molecule has 31 heavy (non-hydrogen) atoms. The van der Waals surface area contributed by atoms with Gasteiger partial charge in [0, 0.05) is 39.3 Å². The number of nitrogens with zero attached hydrogens (tertiary/aromatic N) is 4. The molecule has 0 bridgehead atoms. The van der Waals surface area contributed by atoms with E-state index >= 15 is 0 Å². The molecule has 0 amide bonds. The monoisotopic (exact) mass is 418 g/mol. The summed E-state index contributed by atoms with van der Waals surface area (Å²) >= 11 is 0. The van der Waals surface area contributed by atoms with Crippen molar-refractivity contribution >= 4 is 17.0 Å². The fourth-order valence-electron chi connectivity index (χ4n) is 4.29. The van der Waals surface area contributed by atoms with Crippen molar-refractivity contribution in [2.24, 2.45) is 4.99 Å². The van der Waals surface area contributed by atoms with Gasteiger partial charge in [-0.3, -0.25) is 4.99 Å². The number of likely N-dealkylation sites (tertiary alicyclic amines) is 1. The SMILES string of the molecule is CCCN1CCC(NC(=NC)NCc2ccc(Cn3cnc4ccccc43)cc2)CC1. The molecule has 3 aromatic rings. The van der Waals surface area contributed by atoms with Crippen molar-refractivity contribution in [3.05, 3.63) is 66.0 Å². The Kier molecular flexibility index (Phi) is 7.20. The third-order valence-corrected chi connectivity index (χ3v) is 6.06. The van der Waals surface area contributed by atoms with Gasteiger partial charge in [-0.05, 0) is 49.1 Å². The van der Waals surface area contributed by atoms with E-state index in [0.29, 0.717) is 6.04 Å². The fraction of sp³-hybridized carbons (Fsp3) is 0.440. The first-order valence-electron chi connectivity index (χ1n) is 11.4. The van der Waals surface area contributed by atoms with Gasteiger partial charge in [-0.25, -0.2) is 4.98 Å². The summed E-state index contributed by atoms with van der Waals surface area (Å²) < 4.78 is 2.19. The molecule has 2 aromatic carbocycles. The van der Waals surface area contributed by atoms with Crippen molar-refractivity contribution in [2.75, 3.05) is 26.7 Å². The van der Waals surface area contributed by atoms with Crippen LogP contribution in [0.15, 0.2) is 59.9 Å². The van der Waals surface area contributed by atoms with Crippen molar-refractivity contribution in [1.29, 1.82) is 0 Å². The number of nitrogens with one attached hydrogen (secondary N) is 2. The Morgan fingerprint density at radius 1 is 1.06 bits per heavy atom. The van der Waals surface area contributed by atoms with Crippen LogP contribution in [0.25, 0.3) is 11.0 Å². The molecule has 2 N–H and O–H groups in total. The van der Waals surface area contributed by atoms with E-state index in [0.717, 1.165) is 24.6 Å². The molecule has 2 heterocycles. The molecule has 1 aliphatic heterocycles. The second kappa shape index (κ2) is 10.4. The third-order valence-electron chi connectivity index (χ3n) is 6.06. The lowest BCUT2D eigenvalue weighted by atomic mass is 10.1. The average molecular weight is 419 g/mol. The largest absolute Gasteiger partial charge is 0.354 e. The highest BCUT2D eigenvalue weighted by molar-refractivity contribution is 5.80. The van der Waals surface area contributed by atoms with E-state index in [-0.39, 0.29) is 0 Å². The molecule has 0 unspecified atom stereocenters. The molecule has 0 spiro atoms. The number of fused-ring (bicyclic) bond motifs is 1. The Morgan fingerprint density at radius 3 is 2.55 bits per heavy atom. The van der Waals surface area contributed by atoms with E-state index in [2.05, 4.69) is 79.5 Å². The predicted octanol–water partition coefficient (Wildman–Crippen LogP) is 3.62. The summed E-state index contributed by atoms with van der Waals surface area (Å²) in [4.78, 5) is 11.5. The Bertz CT molecular complexity index is 983. The molecule has 1 aliphatic rings. The maximum absolute atomic E-state index is 4.48. The normalized spacial score (nSPS) is 16.0. The van der Waals surface area contributed by atoms with Gasteiger partial charge in [0.25, 0.3) is 0 Å². The lowest BCUT2D eigenvalue weighted by Crippen LogP contribution is -2.48. The summed E-state index contributed by atoms with van der Waals surface area (Å²) in [5, 5.41) is 7.07. The molecule has 1 fully saturated rings. The minimum absolute atomic E-state index is 0.506. The first-order valence-corrected chi connectivity index (χ1v) is 11.4. The van der Waals surface area contributed by atoms with E-state index in [4.69, 9.17) is 0 Å². The van der Waals surface area contributed by atoms with E-state index in [1.807, 2.05) is 19.4 Å². The van der Waals surface area contributed by atoms with Crippen LogP contribution in [0.4, 0.5) is 0 Å². The molecule has 4 rings (SSSR count). The summed E-state index contributed by atoms with van der Waals surface area (Å²) in [6.07, 6.45) is 5.51. The van der Waals surface area contributed by atoms with Crippen LogP contribution in [0.2, 0.25) is 0 Å². The van der Waals surface area contributed by atoms with Crippen LogP contribution >= 0.6 is 0 Å². The summed E-state index contributed by atoms with van der Waals surface area (Å²) in [7, 11) is 1.85. The smallest absolute Gasteiger partial charge is 0.191 e. The average Bonchev–Trinajstić information content (AvgIpc) is 3.22. The summed E-state index contributed by atoms with van der Waals surface area (Å²) in [5.41, 5.74) is 4.73. The number of imidazole rings is 1. The summed E-state index contributed by atoms with van der Waals surface area (Å²) in [6.45, 7) is 7.41. The molecule has 6 heteroatoms. The number of piperidine rings is 1. The van der Waals surface area contributed by atoms with E-state index in [1.165, 1.54) is 55.5 Å².